The van der Waals surface area contributed by atoms with Gasteiger partial charge in [-0.15, -0.1) is 0 Å². The van der Waals surface area contributed by atoms with Gasteiger partial charge in [0.25, 0.3) is 0 Å². The Hall–Kier alpha value is -1.51. The summed E-state index contributed by atoms with van der Waals surface area (Å²) in [6.45, 7) is 0.859. The fourth-order valence-corrected chi connectivity index (χ4v) is 3.85. The first-order valence-corrected chi connectivity index (χ1v) is 7.93. The molecule has 1 saturated heterocycles. The quantitative estimate of drug-likeness (QED) is 0.802. The predicted molar refractivity (Wildman–Crippen MR) is 85.7 cm³/mol. The number of hydrogen-bond donors (Lipinski definition) is 1. The SMILES string of the molecule is Clc1cccc([C@@H]2Nc3ccccc3[C@H]3OCCC[C@H]32)c1. The summed E-state index contributed by atoms with van der Waals surface area (Å²) in [6, 6.07) is 16.9. The van der Waals surface area contributed by atoms with E-state index in [9.17, 15) is 0 Å². The highest BCUT2D eigenvalue weighted by atomic mass is 35.5. The number of para-hydroxylation sites is 1. The molecule has 0 saturated carbocycles. The number of anilines is 1. The number of benzene rings is 2. The van der Waals surface area contributed by atoms with Crippen LogP contribution in [-0.2, 0) is 4.74 Å². The summed E-state index contributed by atoms with van der Waals surface area (Å²) in [7, 11) is 0. The van der Waals surface area contributed by atoms with E-state index in [4.69, 9.17) is 16.3 Å². The largest absolute Gasteiger partial charge is 0.378 e. The van der Waals surface area contributed by atoms with Crippen LogP contribution >= 0.6 is 11.6 Å². The molecule has 0 aromatic heterocycles. The minimum absolute atomic E-state index is 0.195. The van der Waals surface area contributed by atoms with Gasteiger partial charge >= 0.3 is 0 Å². The number of halogens is 1. The van der Waals surface area contributed by atoms with Crippen molar-refractivity contribution in [1.29, 1.82) is 0 Å². The molecule has 2 heterocycles. The molecular formula is C18H18ClNO. The van der Waals surface area contributed by atoms with Crippen molar-refractivity contribution in [1.82, 2.24) is 0 Å². The summed E-state index contributed by atoms with van der Waals surface area (Å²) in [4.78, 5) is 0. The van der Waals surface area contributed by atoms with Crippen molar-refractivity contribution in [2.24, 2.45) is 5.92 Å². The number of nitrogens with one attached hydrogen (secondary N) is 1. The third-order valence-electron chi connectivity index (χ3n) is 4.58. The van der Waals surface area contributed by atoms with E-state index in [2.05, 4.69) is 41.7 Å². The van der Waals surface area contributed by atoms with Crippen molar-refractivity contribution in [2.45, 2.75) is 25.0 Å². The van der Waals surface area contributed by atoms with Crippen LogP contribution in [0.25, 0.3) is 0 Å². The Balaban J connectivity index is 1.78. The van der Waals surface area contributed by atoms with E-state index in [1.165, 1.54) is 23.2 Å². The van der Waals surface area contributed by atoms with Crippen LogP contribution in [0.5, 0.6) is 0 Å². The molecule has 3 atom stereocenters. The van der Waals surface area contributed by atoms with Gasteiger partial charge in [-0.1, -0.05) is 41.9 Å². The van der Waals surface area contributed by atoms with Gasteiger partial charge in [0.2, 0.25) is 0 Å². The molecule has 0 unspecified atom stereocenters. The van der Waals surface area contributed by atoms with Crippen LogP contribution in [0.15, 0.2) is 48.5 Å². The van der Waals surface area contributed by atoms with Gasteiger partial charge in [-0.3, -0.25) is 0 Å². The van der Waals surface area contributed by atoms with E-state index in [0.717, 1.165) is 18.1 Å². The highest BCUT2D eigenvalue weighted by Gasteiger charge is 2.39. The molecule has 2 aliphatic heterocycles. The van der Waals surface area contributed by atoms with E-state index in [-0.39, 0.29) is 12.1 Å². The van der Waals surface area contributed by atoms with Crippen LogP contribution in [-0.4, -0.2) is 6.61 Å². The summed E-state index contributed by atoms with van der Waals surface area (Å²) >= 11 is 6.18. The third kappa shape index (κ3) is 2.33. The highest BCUT2D eigenvalue weighted by molar-refractivity contribution is 6.30. The van der Waals surface area contributed by atoms with Gasteiger partial charge in [-0.05, 0) is 36.6 Å². The molecular weight excluding hydrogens is 282 g/mol. The Bertz CT molecular complexity index is 657. The average molecular weight is 300 g/mol. The maximum Gasteiger partial charge on any atom is 0.0895 e. The molecule has 3 heteroatoms. The monoisotopic (exact) mass is 299 g/mol. The van der Waals surface area contributed by atoms with Crippen molar-refractivity contribution in [3.8, 4) is 0 Å². The van der Waals surface area contributed by atoms with Crippen LogP contribution in [0.4, 0.5) is 5.69 Å². The molecule has 108 valence electrons. The molecule has 2 aromatic carbocycles. The molecule has 2 aromatic rings. The number of rotatable bonds is 1. The minimum Gasteiger partial charge on any atom is -0.378 e. The maximum atomic E-state index is 6.18. The first-order valence-electron chi connectivity index (χ1n) is 7.55. The van der Waals surface area contributed by atoms with Crippen LogP contribution in [0.3, 0.4) is 0 Å². The van der Waals surface area contributed by atoms with E-state index in [0.29, 0.717) is 5.92 Å². The van der Waals surface area contributed by atoms with Crippen LogP contribution in [0, 0.1) is 5.92 Å². The third-order valence-corrected chi connectivity index (χ3v) is 4.82. The maximum absolute atomic E-state index is 6.18. The fraction of sp³-hybridized carbons (Fsp3) is 0.333. The van der Waals surface area contributed by atoms with Gasteiger partial charge in [-0.2, -0.15) is 0 Å². The van der Waals surface area contributed by atoms with Gasteiger partial charge in [0.05, 0.1) is 12.1 Å². The van der Waals surface area contributed by atoms with E-state index < -0.39 is 0 Å². The molecule has 2 aliphatic rings. The van der Waals surface area contributed by atoms with Crippen molar-refractivity contribution in [3.63, 3.8) is 0 Å². The van der Waals surface area contributed by atoms with Crippen molar-refractivity contribution < 1.29 is 4.74 Å². The molecule has 4 rings (SSSR count). The second kappa shape index (κ2) is 5.36. The molecule has 21 heavy (non-hydrogen) atoms. The van der Waals surface area contributed by atoms with Gasteiger partial charge in [-0.25, -0.2) is 0 Å². The fourth-order valence-electron chi connectivity index (χ4n) is 3.65. The van der Waals surface area contributed by atoms with Crippen LogP contribution < -0.4 is 5.32 Å². The Morgan fingerprint density at radius 3 is 2.90 bits per heavy atom. The van der Waals surface area contributed by atoms with Crippen molar-refractivity contribution >= 4 is 17.3 Å². The molecule has 0 amide bonds. The van der Waals surface area contributed by atoms with E-state index >= 15 is 0 Å². The van der Waals surface area contributed by atoms with Crippen LogP contribution in [0.2, 0.25) is 5.02 Å². The summed E-state index contributed by atoms with van der Waals surface area (Å²) < 4.78 is 6.12. The predicted octanol–water partition coefficient (Wildman–Crippen LogP) is 4.97. The average Bonchev–Trinajstić information content (AvgIpc) is 2.54. The van der Waals surface area contributed by atoms with Crippen molar-refractivity contribution in [2.75, 3.05) is 11.9 Å². The highest BCUT2D eigenvalue weighted by Crippen LogP contribution is 2.49. The lowest BCUT2D eigenvalue weighted by molar-refractivity contribution is -0.0381. The Morgan fingerprint density at radius 2 is 2.00 bits per heavy atom. The molecule has 2 nitrogen and oxygen atoms in total. The molecule has 0 bridgehead atoms. The zero-order valence-corrected chi connectivity index (χ0v) is 12.5. The second-order valence-electron chi connectivity index (χ2n) is 5.86. The zero-order chi connectivity index (χ0) is 14.2. The standard InChI is InChI=1S/C18H18ClNO/c19-13-6-3-5-12(11-13)17-15-8-4-10-21-18(15)14-7-1-2-9-16(14)20-17/h1-3,5-7,9,11,15,17-18,20H,4,8,10H2/t15-,17-,18+/m0/s1. The van der Waals surface area contributed by atoms with Gasteiger partial charge in [0.15, 0.2) is 0 Å². The number of ether oxygens (including phenoxy) is 1. The minimum atomic E-state index is 0.195. The number of hydrogen-bond acceptors (Lipinski definition) is 2. The molecule has 0 radical (unpaired) electrons. The first kappa shape index (κ1) is 13.2. The summed E-state index contributed by atoms with van der Waals surface area (Å²) in [5.74, 6) is 0.465. The summed E-state index contributed by atoms with van der Waals surface area (Å²) in [5, 5.41) is 4.49. The topological polar surface area (TPSA) is 21.3 Å². The molecule has 0 aliphatic carbocycles. The Morgan fingerprint density at radius 1 is 1.10 bits per heavy atom. The summed E-state index contributed by atoms with van der Waals surface area (Å²) in [5.41, 5.74) is 3.73. The van der Waals surface area contributed by atoms with Gasteiger partial charge < -0.3 is 10.1 Å². The van der Waals surface area contributed by atoms with Crippen LogP contribution in [0.1, 0.15) is 36.1 Å². The Labute approximate surface area is 130 Å². The summed E-state index contributed by atoms with van der Waals surface area (Å²) in [6.07, 6.45) is 2.51. The lowest BCUT2D eigenvalue weighted by Crippen LogP contribution is -2.35. The molecule has 0 spiro atoms. The van der Waals surface area contributed by atoms with Crippen molar-refractivity contribution in [3.05, 3.63) is 64.7 Å². The lowest BCUT2D eigenvalue weighted by Gasteiger charge is -2.43. The van der Waals surface area contributed by atoms with Gasteiger partial charge in [0.1, 0.15) is 0 Å². The molecule has 1 N–H and O–H groups in total. The van der Waals surface area contributed by atoms with E-state index in [1.807, 2.05) is 12.1 Å². The van der Waals surface area contributed by atoms with E-state index in [1.54, 1.807) is 0 Å². The normalized spacial score (nSPS) is 27.4. The smallest absolute Gasteiger partial charge is 0.0895 e. The van der Waals surface area contributed by atoms with Gasteiger partial charge in [0, 0.05) is 28.8 Å². The first-order chi connectivity index (χ1) is 10.3. The number of fused-ring (bicyclic) bond motifs is 3. The zero-order valence-electron chi connectivity index (χ0n) is 11.8. The Kier molecular flexibility index (Phi) is 3.36. The molecule has 1 fully saturated rings. The lowest BCUT2D eigenvalue weighted by atomic mass is 9.77. The second-order valence-corrected chi connectivity index (χ2v) is 6.30.